The Morgan fingerprint density at radius 2 is 1.07 bits per heavy atom. The van der Waals surface area contributed by atoms with Gasteiger partial charge in [0.05, 0.1) is 25.2 Å². The van der Waals surface area contributed by atoms with E-state index in [0.717, 1.165) is 19.3 Å². The summed E-state index contributed by atoms with van der Waals surface area (Å²) in [4.78, 5) is 155. The van der Waals surface area contributed by atoms with Gasteiger partial charge in [-0.3, -0.25) is 43.2 Å². The van der Waals surface area contributed by atoms with Gasteiger partial charge in [-0.15, -0.1) is 5.06 Å². The summed E-state index contributed by atoms with van der Waals surface area (Å²) >= 11 is -2.80. The Morgan fingerprint density at radius 3 is 1.53 bits per heavy atom. The minimum absolute atomic E-state index is 0.0348. The van der Waals surface area contributed by atoms with E-state index >= 15 is 0 Å². The monoisotopic (exact) mass is 1180 g/mol. The number of hydrogen-bond donors (Lipinski definition) is 9. The van der Waals surface area contributed by atoms with Crippen LogP contribution in [0, 0.1) is 11.8 Å². The Bertz CT molecular complexity index is 2180. The molecule has 9 N–H and O–H groups in total. The Hall–Kier alpha value is -6.14. The van der Waals surface area contributed by atoms with E-state index in [4.69, 9.17) is 4.84 Å². The number of unbranched alkanes of at least 4 members (excludes halogenated alkanes) is 4. The van der Waals surface area contributed by atoms with E-state index in [1.165, 1.54) is 36.2 Å². The van der Waals surface area contributed by atoms with E-state index in [-0.39, 0.29) is 63.8 Å². The average Bonchev–Trinajstić information content (AvgIpc) is 3.67. The van der Waals surface area contributed by atoms with Gasteiger partial charge in [-0.05, 0) is 25.7 Å². The van der Waals surface area contributed by atoms with Crippen LogP contribution in [0.2, 0.25) is 13.3 Å². The number of carboxylic acid groups (broad SMARTS) is 4. The molecular weight excluding hydrogens is 1100 g/mol. The fourth-order valence-electron chi connectivity index (χ4n) is 9.76. The maximum atomic E-state index is 13.3. The standard InChI is InChI=1S/C40H51N6O17.3C4H9.Sn/c47-29(43-26(20-35(54)55)17-31(49)45-28(39(60)61)8-4-5-15-41-37(58)22-6-2-1-3-7-22)16-25(19-34(52)53)42-30(48)18-27(21-36(56)57)44-38(59)23-9-11-24(12-10-23)40(62)63-46-32(50)13-14-33(46)51;3*1-3-4-2;/h1-2,6-7,23-28H,4-5,8-21H2,(H,41,58)(H,42,48)(H,43,47)(H,44,59)(H,45,49)(H,52,53)(H,54,55)(H,56,57)(H,60,61);3*1,3-4H2,2H3;/t23?,24?,25-,26-,27-,28-;;;;/m1..../s1. The molecule has 1 saturated carbocycles. The van der Waals surface area contributed by atoms with Crippen LogP contribution in [0.1, 0.15) is 166 Å². The summed E-state index contributed by atoms with van der Waals surface area (Å²) in [6.45, 7) is 6.88. The second kappa shape index (κ2) is 33.1. The predicted molar refractivity (Wildman–Crippen MR) is 276 cm³/mol. The zero-order valence-electron chi connectivity index (χ0n) is 44.0. The fourth-order valence-corrected chi connectivity index (χ4v) is 25.8. The van der Waals surface area contributed by atoms with Crippen LogP contribution in [0.25, 0.3) is 0 Å². The summed E-state index contributed by atoms with van der Waals surface area (Å²) in [5.74, 6) is -12.8. The van der Waals surface area contributed by atoms with Gasteiger partial charge in [0.1, 0.15) is 0 Å². The molecule has 1 aromatic carbocycles. The molecule has 0 aromatic heterocycles. The van der Waals surface area contributed by atoms with E-state index in [1.807, 2.05) is 6.07 Å². The van der Waals surface area contributed by atoms with Gasteiger partial charge in [-0.25, -0.2) is 4.79 Å². The van der Waals surface area contributed by atoms with Crippen LogP contribution in [0.5, 0.6) is 0 Å². The maximum absolute atomic E-state index is 13.3. The van der Waals surface area contributed by atoms with Gasteiger partial charge in [-0.1, -0.05) is 0 Å². The van der Waals surface area contributed by atoms with Gasteiger partial charge < -0.3 is 36.1 Å². The summed E-state index contributed by atoms with van der Waals surface area (Å²) in [5.41, 5.74) is 0.588. The normalized spacial score (nSPS) is 17.1. The van der Waals surface area contributed by atoms with Crippen molar-refractivity contribution in [2.24, 2.45) is 11.8 Å². The quantitative estimate of drug-likeness (QED) is 0.0263. The molecular formula is C52H78N6O17Sn. The number of benzene rings is 1. The van der Waals surface area contributed by atoms with Gasteiger partial charge >= 0.3 is 223 Å². The van der Waals surface area contributed by atoms with Gasteiger partial charge in [0.2, 0.25) is 17.7 Å². The molecule has 76 heavy (non-hydrogen) atoms. The first-order valence-corrected chi connectivity index (χ1v) is 34.1. The number of imide groups is 1. The SMILES string of the molecule is CCC[CH2][Sn]([CH2]CCC)([CH2]CCC)[c]1cccc(C(=O)NCCCC[C@@H](NC(=O)C[C@H](CC(=O)O)NC(=O)C[C@H](CC(=O)O)NC(=O)C[C@H](CC(=O)O)NC(=O)C2CCC(C(=O)ON3C(=O)CCC3=O)CC2)C(=O)O)c1. The number of carbonyl (C=O) groups excluding carboxylic acids is 8. The molecule has 2 aliphatic rings. The first-order chi connectivity index (χ1) is 36.1. The van der Waals surface area contributed by atoms with Crippen LogP contribution in [0.3, 0.4) is 0 Å². The van der Waals surface area contributed by atoms with Crippen molar-refractivity contribution < 1.29 is 82.8 Å². The molecule has 0 radical (unpaired) electrons. The van der Waals surface area contributed by atoms with Gasteiger partial charge in [0.15, 0.2) is 0 Å². The molecule has 2 fully saturated rings. The van der Waals surface area contributed by atoms with Crippen LogP contribution >= 0.6 is 0 Å². The van der Waals surface area contributed by atoms with Crippen LogP contribution in [0.15, 0.2) is 24.3 Å². The van der Waals surface area contributed by atoms with Gasteiger partial charge in [0, 0.05) is 56.1 Å². The van der Waals surface area contributed by atoms with E-state index in [0.29, 0.717) is 17.0 Å². The van der Waals surface area contributed by atoms with Crippen molar-refractivity contribution in [3.63, 3.8) is 0 Å². The molecule has 0 spiro atoms. The molecule has 422 valence electrons. The second-order valence-electron chi connectivity index (χ2n) is 20.1. The number of nitrogens with zero attached hydrogens (tertiary/aromatic N) is 1. The third-order valence-electron chi connectivity index (χ3n) is 13.9. The van der Waals surface area contributed by atoms with Gasteiger partial charge in [-0.2, -0.15) is 0 Å². The summed E-state index contributed by atoms with van der Waals surface area (Å²) in [6.07, 6.45) is 3.58. The molecule has 1 aliphatic carbocycles. The number of carbonyl (C=O) groups is 12. The molecule has 0 unspecified atom stereocenters. The topological polar surface area (TPSA) is 358 Å². The fraction of sp³-hybridized carbons (Fsp3) is 0.654. The first-order valence-electron chi connectivity index (χ1n) is 26.6. The zero-order chi connectivity index (χ0) is 56.4. The summed E-state index contributed by atoms with van der Waals surface area (Å²) < 4.78 is 5.13. The average molecular weight is 1180 g/mol. The van der Waals surface area contributed by atoms with Crippen molar-refractivity contribution in [2.45, 2.75) is 193 Å². The predicted octanol–water partition coefficient (Wildman–Crippen LogP) is 3.67. The molecule has 1 aliphatic heterocycles. The molecule has 1 saturated heterocycles. The number of rotatable bonds is 36. The Morgan fingerprint density at radius 1 is 0.605 bits per heavy atom. The van der Waals surface area contributed by atoms with Crippen molar-refractivity contribution >= 4 is 93.2 Å². The molecule has 23 nitrogen and oxygen atoms in total. The summed E-state index contributed by atoms with van der Waals surface area (Å²) in [5, 5.41) is 51.5. The van der Waals surface area contributed by atoms with Crippen molar-refractivity contribution in [3.05, 3.63) is 29.8 Å². The zero-order valence-corrected chi connectivity index (χ0v) is 46.8. The van der Waals surface area contributed by atoms with Gasteiger partial charge in [0.25, 0.3) is 11.8 Å². The minimum atomic E-state index is -2.80. The Labute approximate surface area is 447 Å². The van der Waals surface area contributed by atoms with Crippen LogP contribution in [0.4, 0.5) is 0 Å². The Kier molecular flexibility index (Phi) is 27.9. The molecule has 3 rings (SSSR count). The van der Waals surface area contributed by atoms with Crippen molar-refractivity contribution in [1.29, 1.82) is 0 Å². The van der Waals surface area contributed by atoms with Crippen molar-refractivity contribution in [3.8, 4) is 0 Å². The second-order valence-corrected chi connectivity index (χ2v) is 33.3. The number of amides is 7. The summed E-state index contributed by atoms with van der Waals surface area (Å²) in [6, 6.07) is 2.54. The third kappa shape index (κ3) is 22.6. The number of hydroxylamine groups is 2. The number of hydrogen-bond acceptors (Lipinski definition) is 13. The van der Waals surface area contributed by atoms with Crippen LogP contribution in [-0.2, 0) is 57.6 Å². The van der Waals surface area contributed by atoms with Crippen molar-refractivity contribution in [2.75, 3.05) is 6.54 Å². The van der Waals surface area contributed by atoms with E-state index in [1.54, 1.807) is 6.07 Å². The number of nitrogens with one attached hydrogen (secondary N) is 5. The first kappa shape index (κ1) is 64.1. The van der Waals surface area contributed by atoms with Crippen molar-refractivity contribution in [1.82, 2.24) is 31.6 Å². The summed E-state index contributed by atoms with van der Waals surface area (Å²) in [7, 11) is 0. The molecule has 24 heteroatoms. The third-order valence-corrected chi connectivity index (χ3v) is 29.5. The molecule has 1 aromatic rings. The van der Waals surface area contributed by atoms with E-state index in [9.17, 15) is 78.0 Å². The Balaban J connectivity index is 1.53. The molecule has 4 atom stereocenters. The van der Waals surface area contributed by atoms with E-state index in [2.05, 4.69) is 59.5 Å². The number of aliphatic carboxylic acids is 4. The van der Waals surface area contributed by atoms with Crippen LogP contribution < -0.4 is 30.2 Å². The number of carboxylic acids is 4. The van der Waals surface area contributed by atoms with Crippen LogP contribution in [-0.4, -0.2) is 146 Å². The van der Waals surface area contributed by atoms with E-state index < -0.39 is 158 Å². The molecule has 0 bridgehead atoms. The molecule has 7 amide bonds. The molecule has 1 heterocycles.